The Morgan fingerprint density at radius 1 is 1.11 bits per heavy atom. The second-order valence-corrected chi connectivity index (χ2v) is 4.47. The second-order valence-electron chi connectivity index (χ2n) is 4.47. The molecule has 0 aliphatic carbocycles. The lowest BCUT2D eigenvalue weighted by atomic mass is 9.97. The minimum Gasteiger partial charge on any atom is -0.489 e. The summed E-state index contributed by atoms with van der Waals surface area (Å²) in [6.45, 7) is 0.270. The molecule has 0 amide bonds. The first kappa shape index (κ1) is 11.9. The molecule has 1 atom stereocenters. The molecule has 96 valence electrons. The normalized spacial score (nSPS) is 19.9. The van der Waals surface area contributed by atoms with Gasteiger partial charge in [-0.1, -0.05) is 36.4 Å². The Balaban J connectivity index is 1.98. The van der Waals surface area contributed by atoms with E-state index in [4.69, 9.17) is 4.74 Å². The maximum Gasteiger partial charge on any atom is 0.130 e. The van der Waals surface area contributed by atoms with Crippen LogP contribution in [0, 0.1) is 5.82 Å². The van der Waals surface area contributed by atoms with Crippen LogP contribution in [0.2, 0.25) is 0 Å². The van der Waals surface area contributed by atoms with Crippen LogP contribution in [-0.4, -0.2) is 11.7 Å². The summed E-state index contributed by atoms with van der Waals surface area (Å²) in [6.07, 6.45) is 0.903. The van der Waals surface area contributed by atoms with Crippen molar-refractivity contribution in [3.05, 3.63) is 71.0 Å². The zero-order chi connectivity index (χ0) is 13.2. The molecule has 0 bridgehead atoms. The van der Waals surface area contributed by atoms with Crippen molar-refractivity contribution >= 4 is 6.08 Å². The van der Waals surface area contributed by atoms with Crippen LogP contribution in [0.5, 0.6) is 5.75 Å². The number of rotatable bonds is 1. The van der Waals surface area contributed by atoms with Crippen molar-refractivity contribution in [2.24, 2.45) is 0 Å². The molecular weight excluding hydrogens is 243 g/mol. The van der Waals surface area contributed by atoms with Crippen LogP contribution in [0.25, 0.3) is 6.08 Å². The molecule has 0 aromatic heterocycles. The van der Waals surface area contributed by atoms with Crippen molar-refractivity contribution < 1.29 is 14.2 Å². The number of hydrogen-bond acceptors (Lipinski definition) is 2. The Hall–Kier alpha value is -2.13. The Kier molecular flexibility index (Phi) is 3.05. The largest absolute Gasteiger partial charge is 0.489 e. The van der Waals surface area contributed by atoms with Gasteiger partial charge in [-0.15, -0.1) is 0 Å². The van der Waals surface area contributed by atoms with Crippen LogP contribution >= 0.6 is 0 Å². The second kappa shape index (κ2) is 4.86. The third-order valence-corrected chi connectivity index (χ3v) is 3.21. The first-order chi connectivity index (χ1) is 9.25. The summed E-state index contributed by atoms with van der Waals surface area (Å²) < 4.78 is 19.2. The van der Waals surface area contributed by atoms with Gasteiger partial charge in [0.1, 0.15) is 24.3 Å². The summed E-state index contributed by atoms with van der Waals surface area (Å²) in [7, 11) is 0. The first-order valence-corrected chi connectivity index (χ1v) is 6.10. The van der Waals surface area contributed by atoms with Gasteiger partial charge in [0.05, 0.1) is 0 Å². The van der Waals surface area contributed by atoms with E-state index in [1.807, 2.05) is 24.3 Å². The third kappa shape index (κ3) is 2.25. The number of halogens is 1. The zero-order valence-corrected chi connectivity index (χ0v) is 10.2. The average Bonchev–Trinajstić information content (AvgIpc) is 2.44. The van der Waals surface area contributed by atoms with E-state index in [9.17, 15) is 9.50 Å². The monoisotopic (exact) mass is 256 g/mol. The van der Waals surface area contributed by atoms with E-state index in [0.29, 0.717) is 16.9 Å². The number of benzene rings is 2. The molecule has 0 saturated heterocycles. The molecular formula is C16H13FO2. The van der Waals surface area contributed by atoms with Gasteiger partial charge in [-0.05, 0) is 18.2 Å². The molecule has 2 aromatic rings. The van der Waals surface area contributed by atoms with Gasteiger partial charge < -0.3 is 9.84 Å². The van der Waals surface area contributed by atoms with E-state index < -0.39 is 6.10 Å². The van der Waals surface area contributed by atoms with Gasteiger partial charge >= 0.3 is 0 Å². The van der Waals surface area contributed by atoms with Crippen LogP contribution in [0.4, 0.5) is 4.39 Å². The Bertz CT molecular complexity index is 634. The van der Waals surface area contributed by atoms with E-state index >= 15 is 0 Å². The molecule has 2 aromatic carbocycles. The maximum absolute atomic E-state index is 13.6. The van der Waals surface area contributed by atoms with E-state index in [0.717, 1.165) is 5.56 Å². The third-order valence-electron chi connectivity index (χ3n) is 3.21. The van der Waals surface area contributed by atoms with Gasteiger partial charge in [-0.25, -0.2) is 4.39 Å². The topological polar surface area (TPSA) is 29.5 Å². The number of aliphatic hydroxyl groups excluding tert-OH is 1. The number of ether oxygens (including phenoxy) is 1. The number of hydrogen-bond donors (Lipinski definition) is 1. The van der Waals surface area contributed by atoms with Crippen molar-refractivity contribution in [1.82, 2.24) is 0 Å². The molecule has 19 heavy (non-hydrogen) atoms. The highest BCUT2D eigenvalue weighted by atomic mass is 19.1. The number of para-hydroxylation sites is 1. The van der Waals surface area contributed by atoms with Crippen LogP contribution in [0.15, 0.2) is 54.1 Å². The highest BCUT2D eigenvalue weighted by molar-refractivity contribution is 5.57. The van der Waals surface area contributed by atoms with Crippen LogP contribution < -0.4 is 4.74 Å². The van der Waals surface area contributed by atoms with Crippen molar-refractivity contribution in [3.8, 4) is 5.75 Å². The molecule has 1 heterocycles. The highest BCUT2D eigenvalue weighted by Gasteiger charge is 2.23. The summed E-state index contributed by atoms with van der Waals surface area (Å²) in [4.78, 5) is 0. The number of aliphatic hydroxyl groups is 1. The smallest absolute Gasteiger partial charge is 0.130 e. The van der Waals surface area contributed by atoms with E-state index in [1.54, 1.807) is 24.3 Å². The predicted octanol–water partition coefficient (Wildman–Crippen LogP) is 3.34. The van der Waals surface area contributed by atoms with Gasteiger partial charge in [0.2, 0.25) is 0 Å². The molecule has 3 rings (SSSR count). The molecule has 1 aliphatic rings. The Morgan fingerprint density at radius 2 is 1.84 bits per heavy atom. The lowest BCUT2D eigenvalue weighted by molar-refractivity contribution is 0.172. The van der Waals surface area contributed by atoms with Gasteiger partial charge in [-0.2, -0.15) is 0 Å². The number of fused-ring (bicyclic) bond motifs is 1. The van der Waals surface area contributed by atoms with E-state index in [2.05, 4.69) is 0 Å². The fourth-order valence-electron chi connectivity index (χ4n) is 2.19. The summed E-state index contributed by atoms with van der Waals surface area (Å²) in [6, 6.07) is 13.8. The standard InChI is InChI=1S/C16H13FO2/c17-14-7-3-1-5-11(14)9-12-10-19-15-8-4-2-6-13(15)16(12)18/h1-9,16,18H,10H2/b12-9+. The van der Waals surface area contributed by atoms with Gasteiger partial charge in [0.25, 0.3) is 0 Å². The quantitative estimate of drug-likeness (QED) is 0.848. The van der Waals surface area contributed by atoms with Gasteiger partial charge in [0.15, 0.2) is 0 Å². The Morgan fingerprint density at radius 3 is 2.68 bits per heavy atom. The average molecular weight is 256 g/mol. The Labute approximate surface area is 110 Å². The van der Waals surface area contributed by atoms with E-state index in [1.165, 1.54) is 6.07 Å². The minimum atomic E-state index is -0.746. The molecule has 1 unspecified atom stereocenters. The molecule has 0 spiro atoms. The van der Waals surface area contributed by atoms with Crippen molar-refractivity contribution in [2.75, 3.05) is 6.61 Å². The lowest BCUT2D eigenvalue weighted by Crippen LogP contribution is -2.17. The van der Waals surface area contributed by atoms with Gasteiger partial charge in [-0.3, -0.25) is 0 Å². The van der Waals surface area contributed by atoms with Crippen LogP contribution in [0.3, 0.4) is 0 Å². The van der Waals surface area contributed by atoms with Crippen LogP contribution in [-0.2, 0) is 0 Å². The minimum absolute atomic E-state index is 0.270. The van der Waals surface area contributed by atoms with Crippen molar-refractivity contribution in [3.63, 3.8) is 0 Å². The SMILES string of the molecule is OC1/C(=C/c2ccccc2F)COc2ccccc21. The first-order valence-electron chi connectivity index (χ1n) is 6.10. The molecule has 0 radical (unpaired) electrons. The fourth-order valence-corrected chi connectivity index (χ4v) is 2.19. The lowest BCUT2D eigenvalue weighted by Gasteiger charge is -2.25. The van der Waals surface area contributed by atoms with Crippen molar-refractivity contribution in [1.29, 1.82) is 0 Å². The molecule has 1 aliphatic heterocycles. The zero-order valence-electron chi connectivity index (χ0n) is 10.2. The van der Waals surface area contributed by atoms with E-state index in [-0.39, 0.29) is 12.4 Å². The summed E-state index contributed by atoms with van der Waals surface area (Å²) in [5.74, 6) is 0.377. The molecule has 1 N–H and O–H groups in total. The van der Waals surface area contributed by atoms with Crippen molar-refractivity contribution in [2.45, 2.75) is 6.10 Å². The fraction of sp³-hybridized carbons (Fsp3) is 0.125. The molecule has 0 fully saturated rings. The molecule has 0 saturated carbocycles. The summed E-state index contributed by atoms with van der Waals surface area (Å²) in [5.41, 5.74) is 1.83. The highest BCUT2D eigenvalue weighted by Crippen LogP contribution is 2.35. The summed E-state index contributed by atoms with van der Waals surface area (Å²) in [5, 5.41) is 10.3. The molecule has 2 nitrogen and oxygen atoms in total. The summed E-state index contributed by atoms with van der Waals surface area (Å²) >= 11 is 0. The maximum atomic E-state index is 13.6. The predicted molar refractivity (Wildman–Crippen MR) is 71.3 cm³/mol. The van der Waals surface area contributed by atoms with Crippen LogP contribution in [0.1, 0.15) is 17.2 Å². The van der Waals surface area contributed by atoms with Gasteiger partial charge in [0, 0.05) is 16.7 Å². The molecule has 3 heteroatoms.